The lowest BCUT2D eigenvalue weighted by Gasteiger charge is -2.08. The number of aliphatic hydroxyl groups is 1. The van der Waals surface area contributed by atoms with Crippen LogP contribution in [0.3, 0.4) is 0 Å². The van der Waals surface area contributed by atoms with E-state index >= 15 is 0 Å². The number of carbonyl (C=O) groups excluding carboxylic acids is 2. The molecule has 122 valence electrons. The molecule has 2 rings (SSSR count). The number of amides is 1. The highest BCUT2D eigenvalue weighted by molar-refractivity contribution is 6.38. The maximum atomic E-state index is 12.2. The fraction of sp³-hybridized carbons (Fsp3) is 0. The number of anilines is 1. The number of ketones is 1. The number of aliphatic hydroxyl groups excluding tert-OH is 1. The summed E-state index contributed by atoms with van der Waals surface area (Å²) in [6.07, 6.45) is 0.595. The zero-order valence-electron chi connectivity index (χ0n) is 12.2. The highest BCUT2D eigenvalue weighted by Gasteiger charge is 2.12. The quantitative estimate of drug-likeness (QED) is 0.439. The van der Waals surface area contributed by atoms with Gasteiger partial charge in [0.05, 0.1) is 10.6 Å². The fourth-order valence-electron chi connectivity index (χ4n) is 1.87. The first-order valence-electron chi connectivity index (χ1n) is 6.72. The summed E-state index contributed by atoms with van der Waals surface area (Å²) in [5.41, 5.74) is 0.812. The van der Waals surface area contributed by atoms with E-state index in [4.69, 9.17) is 16.7 Å². The van der Waals surface area contributed by atoms with Crippen molar-refractivity contribution in [3.05, 3.63) is 70.8 Å². The van der Waals surface area contributed by atoms with E-state index in [1.807, 2.05) is 0 Å². The molecule has 2 aromatic carbocycles. The van der Waals surface area contributed by atoms with Gasteiger partial charge in [-0.05, 0) is 24.3 Å². The first-order chi connectivity index (χ1) is 11.4. The highest BCUT2D eigenvalue weighted by Crippen LogP contribution is 2.20. The third kappa shape index (κ3) is 4.21. The van der Waals surface area contributed by atoms with Crippen LogP contribution < -0.4 is 5.32 Å². The average molecular weight is 346 g/mol. The summed E-state index contributed by atoms with van der Waals surface area (Å²) in [7, 11) is 0. The molecule has 0 saturated heterocycles. The molecule has 6 nitrogen and oxygen atoms in total. The van der Waals surface area contributed by atoms with E-state index in [0.29, 0.717) is 16.8 Å². The molecule has 0 aliphatic heterocycles. The molecular weight excluding hydrogens is 334 g/mol. The van der Waals surface area contributed by atoms with Gasteiger partial charge in [0.1, 0.15) is 5.76 Å². The Morgan fingerprint density at radius 3 is 2.38 bits per heavy atom. The zero-order chi connectivity index (χ0) is 17.7. The van der Waals surface area contributed by atoms with Gasteiger partial charge in [-0.2, -0.15) is 0 Å². The van der Waals surface area contributed by atoms with Gasteiger partial charge in [0.15, 0.2) is 0 Å². The smallest absolute Gasteiger partial charge is 0.376 e. The van der Waals surface area contributed by atoms with E-state index in [-0.39, 0.29) is 11.1 Å². The monoisotopic (exact) mass is 345 g/mol. The van der Waals surface area contributed by atoms with Gasteiger partial charge in [-0.25, -0.2) is 4.79 Å². The van der Waals surface area contributed by atoms with Crippen molar-refractivity contribution in [1.29, 1.82) is 0 Å². The zero-order valence-corrected chi connectivity index (χ0v) is 12.9. The molecule has 24 heavy (non-hydrogen) atoms. The van der Waals surface area contributed by atoms with E-state index in [1.165, 1.54) is 18.2 Å². The molecule has 0 aromatic heterocycles. The molecule has 7 heteroatoms. The molecule has 3 N–H and O–H groups in total. The molecule has 0 radical (unpaired) electrons. The number of halogens is 1. The number of carboxylic acid groups (broad SMARTS) is 1. The standard InChI is InChI=1S/C17H12ClNO5/c18-13-7-2-1-6-12(13)16(22)19-11-5-3-4-10(8-11)14(20)9-15(21)17(23)24/h1-9,20H,(H,19,22)(H,23,24)/b14-9-. The Labute approximate surface area is 142 Å². The molecule has 0 aliphatic rings. The van der Waals surface area contributed by atoms with Gasteiger partial charge in [0.25, 0.3) is 11.7 Å². The van der Waals surface area contributed by atoms with Crippen molar-refractivity contribution in [2.75, 3.05) is 5.32 Å². The van der Waals surface area contributed by atoms with Crippen molar-refractivity contribution < 1.29 is 24.6 Å². The van der Waals surface area contributed by atoms with Crippen LogP contribution in [0.2, 0.25) is 5.02 Å². The lowest BCUT2D eigenvalue weighted by molar-refractivity contribution is -0.146. The van der Waals surface area contributed by atoms with Crippen LogP contribution in [0.4, 0.5) is 5.69 Å². The summed E-state index contributed by atoms with van der Waals surface area (Å²) in [6.45, 7) is 0. The fourth-order valence-corrected chi connectivity index (χ4v) is 2.09. The normalized spacial score (nSPS) is 11.0. The molecule has 2 aromatic rings. The number of aliphatic carboxylic acids is 1. The summed E-state index contributed by atoms with van der Waals surface area (Å²) in [6, 6.07) is 12.5. The maximum Gasteiger partial charge on any atom is 0.376 e. The predicted octanol–water partition coefficient (Wildman–Crippen LogP) is 3.14. The number of carboxylic acids is 1. The summed E-state index contributed by atoms with van der Waals surface area (Å²) < 4.78 is 0. The molecular formula is C17H12ClNO5. The number of hydrogen-bond donors (Lipinski definition) is 3. The van der Waals surface area contributed by atoms with Gasteiger partial charge < -0.3 is 15.5 Å². The summed E-state index contributed by atoms with van der Waals surface area (Å²) in [4.78, 5) is 33.8. The van der Waals surface area contributed by atoms with Gasteiger partial charge >= 0.3 is 5.97 Å². The lowest BCUT2D eigenvalue weighted by atomic mass is 10.1. The molecule has 0 spiro atoms. The average Bonchev–Trinajstić information content (AvgIpc) is 2.55. The van der Waals surface area contributed by atoms with Crippen molar-refractivity contribution in [2.45, 2.75) is 0 Å². The van der Waals surface area contributed by atoms with Crippen LogP contribution >= 0.6 is 11.6 Å². The van der Waals surface area contributed by atoms with Crippen LogP contribution in [0.1, 0.15) is 15.9 Å². The Kier molecular flexibility index (Phi) is 5.34. The van der Waals surface area contributed by atoms with Crippen LogP contribution in [0.25, 0.3) is 5.76 Å². The van der Waals surface area contributed by atoms with Gasteiger partial charge in [0.2, 0.25) is 0 Å². The van der Waals surface area contributed by atoms with Gasteiger partial charge in [-0.3, -0.25) is 9.59 Å². The number of hydrogen-bond acceptors (Lipinski definition) is 4. The van der Waals surface area contributed by atoms with Crippen LogP contribution in [-0.2, 0) is 9.59 Å². The van der Waals surface area contributed by atoms with Gasteiger partial charge in [-0.1, -0.05) is 35.9 Å². The SMILES string of the molecule is O=C(O)C(=O)/C=C(\O)c1cccc(NC(=O)c2ccccc2Cl)c1. The second-order valence-electron chi connectivity index (χ2n) is 4.71. The maximum absolute atomic E-state index is 12.2. The van der Waals surface area contributed by atoms with E-state index in [2.05, 4.69) is 5.32 Å². The topological polar surface area (TPSA) is 104 Å². The minimum Gasteiger partial charge on any atom is -0.507 e. The third-order valence-corrected chi connectivity index (χ3v) is 3.34. The Morgan fingerprint density at radius 2 is 1.71 bits per heavy atom. The van der Waals surface area contributed by atoms with Crippen molar-refractivity contribution in [1.82, 2.24) is 0 Å². The first-order valence-corrected chi connectivity index (χ1v) is 7.10. The minimum absolute atomic E-state index is 0.182. The van der Waals surface area contributed by atoms with Crippen molar-refractivity contribution in [2.24, 2.45) is 0 Å². The van der Waals surface area contributed by atoms with Crippen LogP contribution in [0.15, 0.2) is 54.6 Å². The minimum atomic E-state index is -1.68. The second kappa shape index (κ2) is 7.43. The van der Waals surface area contributed by atoms with Crippen LogP contribution in [-0.4, -0.2) is 27.9 Å². The third-order valence-electron chi connectivity index (χ3n) is 3.01. The Morgan fingerprint density at radius 1 is 1.00 bits per heavy atom. The first kappa shape index (κ1) is 17.2. The Balaban J connectivity index is 2.22. The molecule has 0 fully saturated rings. The molecule has 0 atom stereocenters. The molecule has 0 heterocycles. The highest BCUT2D eigenvalue weighted by atomic mass is 35.5. The predicted molar refractivity (Wildman–Crippen MR) is 89.1 cm³/mol. The molecule has 1 amide bonds. The second-order valence-corrected chi connectivity index (χ2v) is 5.12. The Bertz CT molecular complexity index is 844. The van der Waals surface area contributed by atoms with E-state index in [1.54, 1.807) is 30.3 Å². The van der Waals surface area contributed by atoms with E-state index < -0.39 is 23.4 Å². The number of carbonyl (C=O) groups is 3. The number of nitrogens with one attached hydrogen (secondary N) is 1. The largest absolute Gasteiger partial charge is 0.507 e. The summed E-state index contributed by atoms with van der Waals surface area (Å²) in [5.74, 6) is -3.89. The van der Waals surface area contributed by atoms with Crippen LogP contribution in [0, 0.1) is 0 Å². The number of benzene rings is 2. The summed E-state index contributed by atoms with van der Waals surface area (Å²) in [5, 5.41) is 21.2. The van der Waals surface area contributed by atoms with Crippen molar-refractivity contribution in [3.63, 3.8) is 0 Å². The molecule has 0 unspecified atom stereocenters. The number of rotatable bonds is 5. The van der Waals surface area contributed by atoms with Gasteiger partial charge in [0, 0.05) is 17.3 Å². The molecule has 0 bridgehead atoms. The molecule has 0 aliphatic carbocycles. The molecule has 0 saturated carbocycles. The Hall–Kier alpha value is -3.12. The van der Waals surface area contributed by atoms with Crippen molar-refractivity contribution in [3.8, 4) is 0 Å². The van der Waals surface area contributed by atoms with E-state index in [0.717, 1.165) is 0 Å². The van der Waals surface area contributed by atoms with E-state index in [9.17, 15) is 19.5 Å². The summed E-state index contributed by atoms with van der Waals surface area (Å²) >= 11 is 5.95. The van der Waals surface area contributed by atoms with Crippen LogP contribution in [0.5, 0.6) is 0 Å². The van der Waals surface area contributed by atoms with Crippen molar-refractivity contribution >= 4 is 40.7 Å². The van der Waals surface area contributed by atoms with Gasteiger partial charge in [-0.15, -0.1) is 0 Å². The lowest BCUT2D eigenvalue weighted by Crippen LogP contribution is -2.12.